The summed E-state index contributed by atoms with van der Waals surface area (Å²) in [5, 5.41) is 3.44. The summed E-state index contributed by atoms with van der Waals surface area (Å²) in [4.78, 5) is 15.8. The number of hydrogen-bond donors (Lipinski definition) is 1. The van der Waals surface area contributed by atoms with Crippen LogP contribution in [-0.4, -0.2) is 28.4 Å². The van der Waals surface area contributed by atoms with Crippen molar-refractivity contribution in [2.24, 2.45) is 0 Å². The molecule has 1 amide bonds. The fraction of sp³-hybridized carbons (Fsp3) is 0.500. The zero-order valence-electron chi connectivity index (χ0n) is 10.1. The highest BCUT2D eigenvalue weighted by Gasteiger charge is 2.10. The normalized spacial score (nSPS) is 12.2. The van der Waals surface area contributed by atoms with E-state index in [1.165, 1.54) is 6.20 Å². The first-order valence-electron chi connectivity index (χ1n) is 5.63. The maximum absolute atomic E-state index is 11.8. The molecule has 1 atom stereocenters. The van der Waals surface area contributed by atoms with E-state index >= 15 is 0 Å². The van der Waals surface area contributed by atoms with E-state index in [1.807, 2.05) is 18.7 Å². The van der Waals surface area contributed by atoms with Gasteiger partial charge in [-0.1, -0.05) is 18.5 Å². The van der Waals surface area contributed by atoms with Gasteiger partial charge in [0, 0.05) is 17.3 Å². The summed E-state index contributed by atoms with van der Waals surface area (Å²) < 4.78 is 0. The maximum atomic E-state index is 11.8. The highest BCUT2D eigenvalue weighted by atomic mass is 35.5. The van der Waals surface area contributed by atoms with Crippen LogP contribution >= 0.6 is 23.4 Å². The number of hydrogen-bond acceptors (Lipinski definition) is 3. The molecule has 0 bridgehead atoms. The smallest absolute Gasteiger partial charge is 0.270 e. The molecular weight excluding hydrogens is 256 g/mol. The molecule has 1 aromatic heterocycles. The fourth-order valence-corrected chi connectivity index (χ4v) is 2.27. The lowest BCUT2D eigenvalue weighted by Gasteiger charge is -2.13. The van der Waals surface area contributed by atoms with Crippen molar-refractivity contribution in [1.82, 2.24) is 10.3 Å². The number of pyridine rings is 1. The van der Waals surface area contributed by atoms with Gasteiger partial charge < -0.3 is 5.32 Å². The molecule has 5 heteroatoms. The molecule has 0 radical (unpaired) electrons. The van der Waals surface area contributed by atoms with Crippen LogP contribution in [0.4, 0.5) is 0 Å². The van der Waals surface area contributed by atoms with Gasteiger partial charge in [-0.15, -0.1) is 0 Å². The third-order valence-corrected chi connectivity index (χ3v) is 3.40. The predicted molar refractivity (Wildman–Crippen MR) is 73.8 cm³/mol. The first-order valence-corrected chi connectivity index (χ1v) is 7.17. The molecule has 1 aromatic rings. The van der Waals surface area contributed by atoms with Gasteiger partial charge in [-0.2, -0.15) is 11.8 Å². The summed E-state index contributed by atoms with van der Waals surface area (Å²) in [6.07, 6.45) is 2.50. The topological polar surface area (TPSA) is 42.0 Å². The molecule has 1 heterocycles. The van der Waals surface area contributed by atoms with Crippen LogP contribution in [-0.2, 0) is 0 Å². The maximum Gasteiger partial charge on any atom is 0.270 e. The van der Waals surface area contributed by atoms with Gasteiger partial charge in [0.25, 0.3) is 5.91 Å². The Balaban J connectivity index is 2.43. The SMILES string of the molecule is CCSCCC(C)NC(=O)c1cc(Cl)ccn1. The molecule has 0 saturated heterocycles. The second-order valence-electron chi connectivity index (χ2n) is 3.72. The number of carbonyl (C=O) groups excluding carboxylic acids is 1. The molecule has 0 aliphatic rings. The number of carbonyl (C=O) groups is 1. The summed E-state index contributed by atoms with van der Waals surface area (Å²) in [6.45, 7) is 4.13. The van der Waals surface area contributed by atoms with Crippen molar-refractivity contribution >= 4 is 29.3 Å². The summed E-state index contributed by atoms with van der Waals surface area (Å²) >= 11 is 7.68. The molecule has 94 valence electrons. The third kappa shape index (κ3) is 5.41. The Bertz CT molecular complexity index is 373. The van der Waals surface area contributed by atoms with E-state index < -0.39 is 0 Å². The van der Waals surface area contributed by atoms with Crippen LogP contribution in [0.25, 0.3) is 0 Å². The van der Waals surface area contributed by atoms with Gasteiger partial charge in [-0.05, 0) is 37.0 Å². The summed E-state index contributed by atoms with van der Waals surface area (Å²) in [6, 6.07) is 3.38. The summed E-state index contributed by atoms with van der Waals surface area (Å²) in [5.74, 6) is 2.00. The third-order valence-electron chi connectivity index (χ3n) is 2.23. The van der Waals surface area contributed by atoms with Crippen molar-refractivity contribution in [3.63, 3.8) is 0 Å². The summed E-state index contributed by atoms with van der Waals surface area (Å²) in [5.41, 5.74) is 0.368. The Kier molecular flexibility index (Phi) is 6.37. The molecule has 0 aliphatic heterocycles. The highest BCUT2D eigenvalue weighted by Crippen LogP contribution is 2.09. The average Bonchev–Trinajstić information content (AvgIpc) is 2.29. The molecule has 1 N–H and O–H groups in total. The van der Waals surface area contributed by atoms with Crippen molar-refractivity contribution in [3.8, 4) is 0 Å². The van der Waals surface area contributed by atoms with E-state index in [2.05, 4.69) is 17.2 Å². The predicted octanol–water partition coefficient (Wildman–Crippen LogP) is 3.00. The number of nitrogens with zero attached hydrogens (tertiary/aromatic N) is 1. The molecule has 0 spiro atoms. The lowest BCUT2D eigenvalue weighted by molar-refractivity contribution is 0.0934. The molecule has 1 rings (SSSR count). The first kappa shape index (κ1) is 14.3. The molecule has 3 nitrogen and oxygen atoms in total. The minimum atomic E-state index is -0.165. The van der Waals surface area contributed by atoms with Gasteiger partial charge in [0.1, 0.15) is 5.69 Å². The second kappa shape index (κ2) is 7.56. The van der Waals surface area contributed by atoms with Crippen molar-refractivity contribution in [3.05, 3.63) is 29.0 Å². The number of halogens is 1. The van der Waals surface area contributed by atoms with Crippen LogP contribution in [0.3, 0.4) is 0 Å². The molecule has 0 saturated carbocycles. The Morgan fingerprint density at radius 3 is 3.06 bits per heavy atom. The number of aromatic nitrogens is 1. The van der Waals surface area contributed by atoms with E-state index in [0.29, 0.717) is 10.7 Å². The van der Waals surface area contributed by atoms with Crippen LogP contribution in [0.15, 0.2) is 18.3 Å². The van der Waals surface area contributed by atoms with Crippen LogP contribution in [0.1, 0.15) is 30.8 Å². The standard InChI is InChI=1S/C12H17ClN2OS/c1-3-17-7-5-9(2)15-12(16)11-8-10(13)4-6-14-11/h4,6,8-9H,3,5,7H2,1-2H3,(H,15,16). The van der Waals surface area contributed by atoms with Crippen molar-refractivity contribution < 1.29 is 4.79 Å². The number of nitrogens with one attached hydrogen (secondary N) is 1. The molecular formula is C12H17ClN2OS. The number of amides is 1. The average molecular weight is 273 g/mol. The van der Waals surface area contributed by atoms with Gasteiger partial charge in [0.05, 0.1) is 0 Å². The lowest BCUT2D eigenvalue weighted by Crippen LogP contribution is -2.33. The lowest BCUT2D eigenvalue weighted by atomic mass is 10.2. The molecule has 0 aromatic carbocycles. The van der Waals surface area contributed by atoms with Crippen LogP contribution in [0.5, 0.6) is 0 Å². The first-order chi connectivity index (χ1) is 8.13. The zero-order valence-corrected chi connectivity index (χ0v) is 11.6. The van der Waals surface area contributed by atoms with Crippen molar-refractivity contribution in [2.45, 2.75) is 26.3 Å². The molecule has 17 heavy (non-hydrogen) atoms. The summed E-state index contributed by atoms with van der Waals surface area (Å²) in [7, 11) is 0. The zero-order chi connectivity index (χ0) is 12.7. The Morgan fingerprint density at radius 2 is 2.41 bits per heavy atom. The van der Waals surface area contributed by atoms with Gasteiger partial charge in [-0.25, -0.2) is 0 Å². The van der Waals surface area contributed by atoms with E-state index in [1.54, 1.807) is 12.1 Å². The molecule has 0 aliphatic carbocycles. The highest BCUT2D eigenvalue weighted by molar-refractivity contribution is 7.99. The van der Waals surface area contributed by atoms with Crippen LogP contribution < -0.4 is 5.32 Å². The Morgan fingerprint density at radius 1 is 1.65 bits per heavy atom. The van der Waals surface area contributed by atoms with Gasteiger partial charge >= 0.3 is 0 Å². The van der Waals surface area contributed by atoms with E-state index in [-0.39, 0.29) is 11.9 Å². The van der Waals surface area contributed by atoms with Gasteiger partial charge in [-0.3, -0.25) is 9.78 Å². The van der Waals surface area contributed by atoms with Gasteiger partial charge in [0.2, 0.25) is 0 Å². The second-order valence-corrected chi connectivity index (χ2v) is 5.55. The Labute approximate surface area is 111 Å². The monoisotopic (exact) mass is 272 g/mol. The molecule has 0 fully saturated rings. The molecule has 1 unspecified atom stereocenters. The minimum Gasteiger partial charge on any atom is -0.348 e. The largest absolute Gasteiger partial charge is 0.348 e. The quantitative estimate of drug-likeness (QED) is 0.810. The minimum absolute atomic E-state index is 0.155. The fourth-order valence-electron chi connectivity index (χ4n) is 1.30. The Hall–Kier alpha value is -0.740. The van der Waals surface area contributed by atoms with Crippen LogP contribution in [0, 0.1) is 0 Å². The van der Waals surface area contributed by atoms with Crippen molar-refractivity contribution in [2.75, 3.05) is 11.5 Å². The van der Waals surface area contributed by atoms with Gasteiger partial charge in [0.15, 0.2) is 0 Å². The van der Waals surface area contributed by atoms with E-state index in [9.17, 15) is 4.79 Å². The van der Waals surface area contributed by atoms with E-state index in [0.717, 1.165) is 17.9 Å². The van der Waals surface area contributed by atoms with Crippen LogP contribution in [0.2, 0.25) is 5.02 Å². The number of rotatable bonds is 6. The van der Waals surface area contributed by atoms with Crippen molar-refractivity contribution in [1.29, 1.82) is 0 Å². The van der Waals surface area contributed by atoms with E-state index in [4.69, 9.17) is 11.6 Å². The number of thioether (sulfide) groups is 1.